The van der Waals surface area contributed by atoms with Crippen LogP contribution in [0.5, 0.6) is 0 Å². The molecule has 0 aromatic carbocycles. The summed E-state index contributed by atoms with van der Waals surface area (Å²) in [5, 5.41) is 0. The molecule has 2 bridgehead atoms. The highest BCUT2D eigenvalue weighted by Gasteiger charge is 2.46. The number of amides is 1. The van der Waals surface area contributed by atoms with E-state index in [1.165, 1.54) is 0 Å². The van der Waals surface area contributed by atoms with E-state index in [9.17, 15) is 4.79 Å². The first-order chi connectivity index (χ1) is 6.87. The summed E-state index contributed by atoms with van der Waals surface area (Å²) in [7, 11) is 0. The Hall–Kier alpha value is -0.770. The molecule has 1 saturated carbocycles. The summed E-state index contributed by atoms with van der Waals surface area (Å²) >= 11 is 0. The van der Waals surface area contributed by atoms with Crippen LogP contribution >= 0.6 is 0 Å². The lowest BCUT2D eigenvalue weighted by molar-refractivity contribution is 0.0172. The van der Waals surface area contributed by atoms with Crippen molar-refractivity contribution in [3.05, 3.63) is 0 Å². The molecule has 0 aromatic rings. The summed E-state index contributed by atoms with van der Waals surface area (Å²) < 4.78 is 5.35. The highest BCUT2D eigenvalue weighted by Crippen LogP contribution is 2.37. The smallest absolute Gasteiger partial charge is 0.410 e. The molecule has 2 aliphatic rings. The van der Waals surface area contributed by atoms with Crippen molar-refractivity contribution >= 4 is 6.09 Å². The largest absolute Gasteiger partial charge is 0.444 e. The summed E-state index contributed by atoms with van der Waals surface area (Å²) in [5.41, 5.74) is 5.55. The van der Waals surface area contributed by atoms with Crippen LogP contribution in [-0.2, 0) is 4.74 Å². The summed E-state index contributed by atoms with van der Waals surface area (Å²) in [6, 6.07) is 0.362. The van der Waals surface area contributed by atoms with Crippen LogP contribution in [-0.4, -0.2) is 35.2 Å². The number of nitrogens with zero attached hydrogens (tertiary/aromatic N) is 1. The number of ether oxygens (including phenoxy) is 1. The Balaban J connectivity index is 1.98. The number of carbonyl (C=O) groups is 1. The van der Waals surface area contributed by atoms with Gasteiger partial charge >= 0.3 is 6.09 Å². The van der Waals surface area contributed by atoms with Gasteiger partial charge in [-0.3, -0.25) is 0 Å². The van der Waals surface area contributed by atoms with Gasteiger partial charge in [0.05, 0.1) is 6.04 Å². The maximum atomic E-state index is 11.8. The summed E-state index contributed by atoms with van der Waals surface area (Å²) in [4.78, 5) is 13.7. The van der Waals surface area contributed by atoms with Crippen LogP contribution in [0.1, 0.15) is 33.6 Å². The number of nitrogens with two attached hydrogens (primary N) is 1. The molecule has 1 heterocycles. The van der Waals surface area contributed by atoms with Crippen molar-refractivity contribution in [2.45, 2.75) is 51.3 Å². The molecule has 15 heavy (non-hydrogen) atoms. The minimum Gasteiger partial charge on any atom is -0.444 e. The zero-order valence-corrected chi connectivity index (χ0v) is 9.69. The molecule has 4 heteroatoms. The molecule has 1 amide bonds. The van der Waals surface area contributed by atoms with E-state index in [0.717, 1.165) is 19.4 Å². The SMILES string of the molecule is CC(C)(C)OC(=O)N1C[C@H]2C[C@@H](N)[C@H]1C2. The van der Waals surface area contributed by atoms with E-state index in [1.807, 2.05) is 25.7 Å². The normalized spacial score (nSPS) is 34.7. The molecule has 0 spiro atoms. The predicted octanol–water partition coefficient (Wildman–Crippen LogP) is 1.34. The highest BCUT2D eigenvalue weighted by atomic mass is 16.6. The number of piperidine rings is 1. The standard InChI is InChI=1S/C11H20N2O2/c1-11(2,3)15-10(14)13-6-7-4-8(12)9(13)5-7/h7-9H,4-6,12H2,1-3H3/t7-,8+,9+/m0/s1. The van der Waals surface area contributed by atoms with E-state index < -0.39 is 5.60 Å². The molecule has 0 aromatic heterocycles. The predicted molar refractivity (Wildman–Crippen MR) is 57.4 cm³/mol. The number of hydrogen-bond acceptors (Lipinski definition) is 3. The lowest BCUT2D eigenvalue weighted by atomic mass is 10.1. The van der Waals surface area contributed by atoms with Gasteiger partial charge in [0, 0.05) is 12.6 Å². The molecule has 4 nitrogen and oxygen atoms in total. The molecule has 1 aliphatic carbocycles. The Morgan fingerprint density at radius 2 is 2.07 bits per heavy atom. The van der Waals surface area contributed by atoms with E-state index in [1.54, 1.807) is 0 Å². The van der Waals surface area contributed by atoms with Gasteiger partial charge in [0.1, 0.15) is 5.60 Å². The first kappa shape index (κ1) is 10.7. The lowest BCUT2D eigenvalue weighted by Crippen LogP contribution is -2.49. The second-order valence-corrected chi connectivity index (χ2v) is 5.70. The topological polar surface area (TPSA) is 55.6 Å². The van der Waals surface area contributed by atoms with Crippen molar-refractivity contribution in [3.8, 4) is 0 Å². The average molecular weight is 212 g/mol. The Kier molecular flexibility index (Phi) is 2.41. The highest BCUT2D eigenvalue weighted by molar-refractivity contribution is 5.69. The van der Waals surface area contributed by atoms with E-state index >= 15 is 0 Å². The van der Waals surface area contributed by atoms with Gasteiger partial charge in [-0.25, -0.2) is 4.79 Å². The Morgan fingerprint density at radius 1 is 1.40 bits per heavy atom. The maximum absolute atomic E-state index is 11.8. The minimum atomic E-state index is -0.414. The van der Waals surface area contributed by atoms with Gasteiger partial charge in [-0.1, -0.05) is 0 Å². The molecule has 2 N–H and O–H groups in total. The number of hydrogen-bond donors (Lipinski definition) is 1. The van der Waals surface area contributed by atoms with Gasteiger partial charge in [-0.05, 0) is 39.5 Å². The third-order valence-corrected chi connectivity index (χ3v) is 3.16. The minimum absolute atomic E-state index is 0.149. The van der Waals surface area contributed by atoms with Crippen LogP contribution in [0, 0.1) is 5.92 Å². The van der Waals surface area contributed by atoms with E-state index in [0.29, 0.717) is 5.92 Å². The fraction of sp³-hybridized carbons (Fsp3) is 0.909. The van der Waals surface area contributed by atoms with Crippen LogP contribution in [0.4, 0.5) is 4.79 Å². The monoisotopic (exact) mass is 212 g/mol. The van der Waals surface area contributed by atoms with Gasteiger partial charge in [0.25, 0.3) is 0 Å². The summed E-state index contributed by atoms with van der Waals surface area (Å²) in [6.07, 6.45) is 1.91. The maximum Gasteiger partial charge on any atom is 0.410 e. The van der Waals surface area contributed by atoms with Gasteiger partial charge in [0.2, 0.25) is 0 Å². The first-order valence-corrected chi connectivity index (χ1v) is 5.62. The molecule has 1 aliphatic heterocycles. The molecule has 3 atom stereocenters. The molecule has 1 saturated heterocycles. The van der Waals surface area contributed by atoms with E-state index in [-0.39, 0.29) is 18.2 Å². The van der Waals surface area contributed by atoms with E-state index in [4.69, 9.17) is 10.5 Å². The zero-order valence-electron chi connectivity index (χ0n) is 9.69. The van der Waals surface area contributed by atoms with Crippen LogP contribution in [0.25, 0.3) is 0 Å². The number of likely N-dealkylation sites (tertiary alicyclic amines) is 1. The van der Waals surface area contributed by atoms with Gasteiger partial charge in [-0.2, -0.15) is 0 Å². The fourth-order valence-corrected chi connectivity index (χ4v) is 2.61. The first-order valence-electron chi connectivity index (χ1n) is 5.62. The lowest BCUT2D eigenvalue weighted by Gasteiger charge is -2.33. The van der Waals surface area contributed by atoms with Gasteiger partial charge in [0.15, 0.2) is 0 Å². The third-order valence-electron chi connectivity index (χ3n) is 3.16. The Morgan fingerprint density at radius 3 is 2.53 bits per heavy atom. The van der Waals surface area contributed by atoms with Crippen molar-refractivity contribution in [1.82, 2.24) is 4.90 Å². The summed E-state index contributed by atoms with van der Waals surface area (Å²) in [5.74, 6) is 0.595. The second kappa shape index (κ2) is 3.37. The van der Waals surface area contributed by atoms with Gasteiger partial charge < -0.3 is 15.4 Å². The third kappa shape index (κ3) is 2.09. The molecular formula is C11H20N2O2. The molecule has 2 fully saturated rings. The van der Waals surface area contributed by atoms with Crippen LogP contribution in [0.15, 0.2) is 0 Å². The number of carbonyl (C=O) groups excluding carboxylic acids is 1. The molecule has 86 valence electrons. The summed E-state index contributed by atoms with van der Waals surface area (Å²) in [6.45, 7) is 6.49. The number of fused-ring (bicyclic) bond motifs is 2. The fourth-order valence-electron chi connectivity index (χ4n) is 2.61. The van der Waals surface area contributed by atoms with Crippen molar-refractivity contribution in [1.29, 1.82) is 0 Å². The molecular weight excluding hydrogens is 192 g/mol. The van der Waals surface area contributed by atoms with Gasteiger partial charge in [-0.15, -0.1) is 0 Å². The second-order valence-electron chi connectivity index (χ2n) is 5.70. The number of rotatable bonds is 0. The average Bonchev–Trinajstić information content (AvgIpc) is 2.58. The van der Waals surface area contributed by atoms with E-state index in [2.05, 4.69) is 0 Å². The van der Waals surface area contributed by atoms with Crippen molar-refractivity contribution in [2.24, 2.45) is 11.7 Å². The van der Waals surface area contributed by atoms with Crippen molar-refractivity contribution in [2.75, 3.05) is 6.54 Å². The van der Waals surface area contributed by atoms with Crippen molar-refractivity contribution in [3.63, 3.8) is 0 Å². The molecule has 0 radical (unpaired) electrons. The molecule has 0 unspecified atom stereocenters. The Labute approximate surface area is 90.8 Å². The van der Waals surface area contributed by atoms with Crippen LogP contribution in [0.3, 0.4) is 0 Å². The van der Waals surface area contributed by atoms with Crippen LogP contribution < -0.4 is 5.73 Å². The zero-order chi connectivity index (χ0) is 11.2. The van der Waals surface area contributed by atoms with Crippen LogP contribution in [0.2, 0.25) is 0 Å². The quantitative estimate of drug-likeness (QED) is 0.659. The molecule has 2 rings (SSSR count). The Bertz CT molecular complexity index is 272. The van der Waals surface area contributed by atoms with Crippen molar-refractivity contribution < 1.29 is 9.53 Å².